The second kappa shape index (κ2) is 7.74. The Morgan fingerprint density at radius 2 is 1.56 bits per heavy atom. The average Bonchev–Trinajstić information content (AvgIpc) is 3.14. The SMILES string of the molecule is O=C1C2=C(Nc3[nH]c(=O)[nH]c(=O)c3[C@H]2c2cccc(OCc3ccccc3)c2)c2ccccc21. The van der Waals surface area contributed by atoms with Gasteiger partial charge in [0, 0.05) is 22.6 Å². The Morgan fingerprint density at radius 1 is 0.794 bits per heavy atom. The first kappa shape index (κ1) is 20.0. The molecule has 3 aromatic carbocycles. The van der Waals surface area contributed by atoms with Gasteiger partial charge < -0.3 is 10.1 Å². The van der Waals surface area contributed by atoms with Crippen LogP contribution >= 0.6 is 0 Å². The van der Waals surface area contributed by atoms with Crippen LogP contribution in [0.1, 0.15) is 38.5 Å². The van der Waals surface area contributed by atoms with Crippen molar-refractivity contribution in [2.45, 2.75) is 12.5 Å². The summed E-state index contributed by atoms with van der Waals surface area (Å²) in [6.07, 6.45) is 0. The topological polar surface area (TPSA) is 104 Å². The first-order chi connectivity index (χ1) is 16.6. The molecule has 4 aromatic rings. The van der Waals surface area contributed by atoms with Gasteiger partial charge in [-0.1, -0.05) is 66.7 Å². The van der Waals surface area contributed by atoms with Crippen LogP contribution in [0.5, 0.6) is 5.75 Å². The number of aromatic nitrogens is 2. The van der Waals surface area contributed by atoms with Gasteiger partial charge in [0.05, 0.1) is 11.3 Å². The molecule has 2 heterocycles. The van der Waals surface area contributed by atoms with Crippen LogP contribution in [-0.2, 0) is 6.61 Å². The van der Waals surface area contributed by atoms with E-state index in [-0.39, 0.29) is 11.6 Å². The van der Waals surface area contributed by atoms with Crippen molar-refractivity contribution < 1.29 is 9.53 Å². The number of H-pyrrole nitrogens is 2. The minimum atomic E-state index is -0.674. The third-order valence-corrected chi connectivity index (χ3v) is 6.20. The summed E-state index contributed by atoms with van der Waals surface area (Å²) in [5, 5.41) is 3.14. The van der Waals surface area contributed by atoms with Crippen molar-refractivity contribution in [3.63, 3.8) is 0 Å². The highest BCUT2D eigenvalue weighted by molar-refractivity contribution is 6.23. The Morgan fingerprint density at radius 3 is 2.38 bits per heavy atom. The average molecular weight is 449 g/mol. The Bertz CT molecular complexity index is 1600. The molecule has 0 saturated heterocycles. The van der Waals surface area contributed by atoms with Crippen LogP contribution in [0.15, 0.2) is 94.0 Å². The van der Waals surface area contributed by atoms with E-state index in [1.54, 1.807) is 6.07 Å². The predicted octanol–water partition coefficient (Wildman–Crippen LogP) is 3.81. The number of carbonyl (C=O) groups excluding carboxylic acids is 1. The summed E-state index contributed by atoms with van der Waals surface area (Å²) >= 11 is 0. The molecule has 3 N–H and O–H groups in total. The Labute approximate surface area is 193 Å². The smallest absolute Gasteiger partial charge is 0.327 e. The molecule has 6 rings (SSSR count). The first-order valence-corrected chi connectivity index (χ1v) is 10.9. The first-order valence-electron chi connectivity index (χ1n) is 10.9. The summed E-state index contributed by atoms with van der Waals surface area (Å²) in [6, 6.07) is 24.5. The van der Waals surface area contributed by atoms with E-state index in [4.69, 9.17) is 4.74 Å². The molecule has 0 amide bonds. The molecule has 1 atom stereocenters. The molecule has 0 unspecified atom stereocenters. The van der Waals surface area contributed by atoms with Gasteiger partial charge in [0.25, 0.3) is 5.56 Å². The van der Waals surface area contributed by atoms with Gasteiger partial charge in [-0.25, -0.2) is 4.79 Å². The Balaban J connectivity index is 1.48. The van der Waals surface area contributed by atoms with Gasteiger partial charge >= 0.3 is 5.69 Å². The summed E-state index contributed by atoms with van der Waals surface area (Å²) < 4.78 is 6.00. The molecule has 0 saturated carbocycles. The molecule has 1 aromatic heterocycles. The van der Waals surface area contributed by atoms with Gasteiger partial charge in [0.2, 0.25) is 0 Å². The van der Waals surface area contributed by atoms with Gasteiger partial charge in [-0.05, 0) is 23.3 Å². The maximum absolute atomic E-state index is 13.5. The zero-order valence-electron chi connectivity index (χ0n) is 17.9. The van der Waals surface area contributed by atoms with Gasteiger partial charge in [-0.15, -0.1) is 0 Å². The molecular formula is C27H19N3O4. The van der Waals surface area contributed by atoms with E-state index < -0.39 is 17.2 Å². The lowest BCUT2D eigenvalue weighted by Crippen LogP contribution is -2.33. The van der Waals surface area contributed by atoms with Crippen LogP contribution in [-0.4, -0.2) is 15.8 Å². The predicted molar refractivity (Wildman–Crippen MR) is 128 cm³/mol. The molecule has 7 heteroatoms. The van der Waals surface area contributed by atoms with E-state index in [1.807, 2.05) is 72.8 Å². The van der Waals surface area contributed by atoms with Crippen LogP contribution in [0.2, 0.25) is 0 Å². The number of ketones is 1. The van der Waals surface area contributed by atoms with Crippen LogP contribution in [0.3, 0.4) is 0 Å². The molecule has 0 spiro atoms. The number of hydrogen-bond donors (Lipinski definition) is 3. The Kier molecular flexibility index (Phi) is 4.55. The van der Waals surface area contributed by atoms with E-state index in [9.17, 15) is 14.4 Å². The molecule has 2 aliphatic rings. The zero-order chi connectivity index (χ0) is 23.2. The van der Waals surface area contributed by atoms with Crippen molar-refractivity contribution in [3.8, 4) is 5.75 Å². The Hall–Kier alpha value is -4.65. The van der Waals surface area contributed by atoms with Gasteiger partial charge in [0.15, 0.2) is 5.78 Å². The summed E-state index contributed by atoms with van der Waals surface area (Å²) in [7, 11) is 0. The molecule has 0 radical (unpaired) electrons. The van der Waals surface area contributed by atoms with E-state index in [0.717, 1.165) is 16.7 Å². The second-order valence-corrected chi connectivity index (χ2v) is 8.27. The number of fused-ring (bicyclic) bond motifs is 3. The van der Waals surface area contributed by atoms with Crippen LogP contribution in [0, 0.1) is 0 Å². The number of nitrogens with one attached hydrogen (secondary N) is 3. The second-order valence-electron chi connectivity index (χ2n) is 8.27. The fourth-order valence-corrected chi connectivity index (χ4v) is 4.71. The van der Waals surface area contributed by atoms with E-state index in [2.05, 4.69) is 15.3 Å². The maximum atomic E-state index is 13.5. The van der Waals surface area contributed by atoms with E-state index in [1.165, 1.54) is 0 Å². The van der Waals surface area contributed by atoms with Crippen molar-refractivity contribution in [2.24, 2.45) is 0 Å². The number of benzene rings is 3. The fraction of sp³-hybridized carbons (Fsp3) is 0.0741. The number of carbonyl (C=O) groups is 1. The summed E-state index contributed by atoms with van der Waals surface area (Å²) in [4.78, 5) is 43.5. The molecule has 7 nitrogen and oxygen atoms in total. The van der Waals surface area contributed by atoms with Crippen LogP contribution in [0.25, 0.3) is 5.70 Å². The van der Waals surface area contributed by atoms with Crippen LogP contribution < -0.4 is 21.3 Å². The lowest BCUT2D eigenvalue weighted by molar-refractivity contribution is 0.103. The standard InChI is InChI=1S/C27H19N3O4/c31-24-19-12-5-4-11-18(19)23-21(24)20(22-25(28-23)29-27(33)30-26(22)32)16-9-6-10-17(13-16)34-14-15-7-2-1-3-8-15/h1-13,20H,14H2,(H3,28,29,30,32,33)/t20-/m0/s1. The monoisotopic (exact) mass is 449 g/mol. The highest BCUT2D eigenvalue weighted by Crippen LogP contribution is 2.47. The highest BCUT2D eigenvalue weighted by atomic mass is 16.5. The highest BCUT2D eigenvalue weighted by Gasteiger charge is 2.41. The number of Topliss-reactive ketones (excluding diaryl/α,β-unsaturated/α-hetero) is 1. The number of rotatable bonds is 4. The summed E-state index contributed by atoms with van der Waals surface area (Å²) in [5.74, 6) is 0.0898. The van der Waals surface area contributed by atoms with Gasteiger partial charge in [-0.2, -0.15) is 0 Å². The molecule has 1 aliphatic carbocycles. The molecule has 0 fully saturated rings. The van der Waals surface area contributed by atoms with Crippen molar-refractivity contribution in [1.29, 1.82) is 0 Å². The van der Waals surface area contributed by atoms with Gasteiger partial charge in [0.1, 0.15) is 18.2 Å². The number of allylic oxidation sites excluding steroid dienone is 1. The normalized spacial score (nSPS) is 15.9. The minimum Gasteiger partial charge on any atom is -0.489 e. The molecule has 34 heavy (non-hydrogen) atoms. The molecule has 166 valence electrons. The molecule has 0 bridgehead atoms. The zero-order valence-corrected chi connectivity index (χ0v) is 17.9. The fourth-order valence-electron chi connectivity index (χ4n) is 4.71. The largest absolute Gasteiger partial charge is 0.489 e. The van der Waals surface area contributed by atoms with E-state index >= 15 is 0 Å². The quantitative estimate of drug-likeness (QED) is 0.440. The maximum Gasteiger partial charge on any atom is 0.327 e. The lowest BCUT2D eigenvalue weighted by Gasteiger charge is -2.27. The third-order valence-electron chi connectivity index (χ3n) is 6.20. The summed E-state index contributed by atoms with van der Waals surface area (Å²) in [5.41, 5.74) is 3.28. The molecular weight excluding hydrogens is 430 g/mol. The number of ether oxygens (including phenoxy) is 1. The summed E-state index contributed by atoms with van der Waals surface area (Å²) in [6.45, 7) is 0.388. The number of hydrogen-bond acceptors (Lipinski definition) is 5. The van der Waals surface area contributed by atoms with Crippen molar-refractivity contribution in [3.05, 3.63) is 133 Å². The van der Waals surface area contributed by atoms with Crippen molar-refractivity contribution in [1.82, 2.24) is 9.97 Å². The molecule has 1 aliphatic heterocycles. The number of anilines is 1. The van der Waals surface area contributed by atoms with E-state index in [0.29, 0.717) is 34.8 Å². The van der Waals surface area contributed by atoms with Gasteiger partial charge in [-0.3, -0.25) is 19.6 Å². The number of aromatic amines is 2. The van der Waals surface area contributed by atoms with Crippen molar-refractivity contribution in [2.75, 3.05) is 5.32 Å². The lowest BCUT2D eigenvalue weighted by atomic mass is 9.81. The third kappa shape index (κ3) is 3.17. The minimum absolute atomic E-state index is 0.144. The van der Waals surface area contributed by atoms with Crippen LogP contribution in [0.4, 0.5) is 5.82 Å². The van der Waals surface area contributed by atoms with Crippen molar-refractivity contribution >= 4 is 17.3 Å².